The van der Waals surface area contributed by atoms with E-state index in [0.29, 0.717) is 24.8 Å². The molecule has 3 atom stereocenters. The Morgan fingerprint density at radius 3 is 2.51 bits per heavy atom. The summed E-state index contributed by atoms with van der Waals surface area (Å²) in [4.78, 5) is 36.5. The smallest absolute Gasteiger partial charge is 0.397 e. The van der Waals surface area contributed by atoms with Gasteiger partial charge in [0.05, 0.1) is 20.4 Å². The van der Waals surface area contributed by atoms with E-state index >= 15 is 0 Å². The molecule has 1 aromatic rings. The zero-order valence-corrected chi connectivity index (χ0v) is 30.1. The first-order valence-electron chi connectivity index (χ1n) is 14.9. The average Bonchev–Trinajstić information content (AvgIpc) is 3.22. The number of hydrogen-bond acceptors (Lipinski definition) is 7. The molecule has 0 saturated carbocycles. The summed E-state index contributed by atoms with van der Waals surface area (Å²) in [7, 11) is -6.96. The molecule has 0 spiro atoms. The van der Waals surface area contributed by atoms with Gasteiger partial charge in [0.1, 0.15) is 6.42 Å². The third kappa shape index (κ3) is 11.0. The monoisotopic (exact) mass is 676 g/mol. The van der Waals surface area contributed by atoms with Crippen LogP contribution in [0, 0.1) is 5.92 Å². The zero-order valence-electron chi connectivity index (χ0n) is 26.1. The Balaban J connectivity index is 1.62. The molecule has 241 valence electrons. The quantitative estimate of drug-likeness (QED) is 0.171. The second kappa shape index (κ2) is 14.6. The van der Waals surface area contributed by atoms with Gasteiger partial charge in [-0.2, -0.15) is 13.2 Å². The molecule has 3 rings (SSSR count). The van der Waals surface area contributed by atoms with Crippen LogP contribution in [-0.4, -0.2) is 71.9 Å². The van der Waals surface area contributed by atoms with Gasteiger partial charge >= 0.3 is 36.0 Å². The summed E-state index contributed by atoms with van der Waals surface area (Å²) in [5, 5.41) is 1.09. The molecule has 0 aromatic heterocycles. The summed E-state index contributed by atoms with van der Waals surface area (Å²) >= 11 is 0. The Labute approximate surface area is 257 Å². The van der Waals surface area contributed by atoms with Gasteiger partial charge in [-0.3, -0.25) is 14.4 Å². The number of carbonyl (C=O) groups is 3. The summed E-state index contributed by atoms with van der Waals surface area (Å²) in [5.74, 6) is -2.25. The van der Waals surface area contributed by atoms with Gasteiger partial charge in [-0.05, 0) is 62.7 Å². The summed E-state index contributed by atoms with van der Waals surface area (Å²) in [5.41, 5.74) is 0.471. The minimum absolute atomic E-state index is 0.144. The van der Waals surface area contributed by atoms with Gasteiger partial charge < -0.3 is 22.3 Å². The lowest BCUT2D eigenvalue weighted by molar-refractivity contribution is -0.154. The molecule has 43 heavy (non-hydrogen) atoms. The molecule has 3 unspecified atom stereocenters. The standard InChI is InChI=1S/C28H45F3NO7Si4/c1-32(25(33)21-28(29,30)31)23-12-9-13-24(20-23)41(3,4)17-18-42(5)15-8-7-14-36-43(6,39-40(2)38-42)16-10-11-22-19-26(34)37-27(22)35/h9,12-13,20,22H,7-8,10-11,14-19,21H2,1-6H3. The minimum atomic E-state index is -4.55. The van der Waals surface area contributed by atoms with Crippen molar-refractivity contribution in [3.05, 3.63) is 24.3 Å². The van der Waals surface area contributed by atoms with Crippen LogP contribution in [0.5, 0.6) is 0 Å². The fourth-order valence-corrected chi connectivity index (χ4v) is 21.7. The van der Waals surface area contributed by atoms with E-state index in [1.807, 2.05) is 24.7 Å². The summed E-state index contributed by atoms with van der Waals surface area (Å²) < 4.78 is 62.7. The van der Waals surface area contributed by atoms with Gasteiger partial charge in [0.15, 0.2) is 8.32 Å². The van der Waals surface area contributed by atoms with Crippen molar-refractivity contribution in [2.75, 3.05) is 18.6 Å². The van der Waals surface area contributed by atoms with Crippen LogP contribution in [0.25, 0.3) is 0 Å². The van der Waals surface area contributed by atoms with Gasteiger partial charge in [0.2, 0.25) is 5.91 Å². The lowest BCUT2D eigenvalue weighted by atomic mass is 10.0. The van der Waals surface area contributed by atoms with Crippen LogP contribution >= 0.6 is 0 Å². The molecule has 0 bridgehead atoms. The number of halogens is 3. The number of alkyl halides is 3. The van der Waals surface area contributed by atoms with Crippen LogP contribution in [0.15, 0.2) is 24.3 Å². The van der Waals surface area contributed by atoms with Gasteiger partial charge in [-0.1, -0.05) is 49.3 Å². The van der Waals surface area contributed by atoms with Crippen LogP contribution in [-0.2, 0) is 31.8 Å². The fourth-order valence-electron chi connectivity index (χ4n) is 5.64. The maximum absolute atomic E-state index is 12.8. The SMILES string of the molecule is CN(C(=O)CC(F)(F)F)c1cccc([Si](C)(C)CC[Si]2(C)CCCCO[Si](C)(CCCC3CC(=O)OC3=O)O[Si](C)O2)c1. The summed E-state index contributed by atoms with van der Waals surface area (Å²) in [6.07, 6.45) is -2.68. The number of hydrogen-bond donors (Lipinski definition) is 0. The predicted octanol–water partition coefficient (Wildman–Crippen LogP) is 6.00. The van der Waals surface area contributed by atoms with E-state index in [1.54, 1.807) is 6.07 Å². The van der Waals surface area contributed by atoms with E-state index in [4.69, 9.17) is 12.7 Å². The first-order valence-corrected chi connectivity index (χ1v) is 25.3. The molecule has 2 saturated heterocycles. The van der Waals surface area contributed by atoms with Gasteiger partial charge in [-0.15, -0.1) is 0 Å². The van der Waals surface area contributed by atoms with Crippen LogP contribution < -0.4 is 10.1 Å². The van der Waals surface area contributed by atoms with Gasteiger partial charge in [0.25, 0.3) is 0 Å². The van der Waals surface area contributed by atoms with Crippen LogP contribution in [0.4, 0.5) is 18.9 Å². The van der Waals surface area contributed by atoms with E-state index in [0.717, 1.165) is 47.5 Å². The predicted molar refractivity (Wildman–Crippen MR) is 168 cm³/mol. The maximum atomic E-state index is 12.8. The maximum Gasteiger partial charge on any atom is 0.397 e. The van der Waals surface area contributed by atoms with Crippen molar-refractivity contribution in [2.24, 2.45) is 5.92 Å². The number of rotatable bonds is 10. The Bertz CT molecular complexity index is 1160. The number of nitrogens with zero attached hydrogens (tertiary/aromatic N) is 1. The molecule has 1 aromatic carbocycles. The van der Waals surface area contributed by atoms with Crippen molar-refractivity contribution in [1.29, 1.82) is 0 Å². The molecule has 1 radical (unpaired) electrons. The second-order valence-corrected chi connectivity index (χ2v) is 27.3. The lowest BCUT2D eigenvalue weighted by Gasteiger charge is -2.37. The van der Waals surface area contributed by atoms with E-state index in [2.05, 4.69) is 30.9 Å². The Hall–Kier alpha value is -1.63. The largest absolute Gasteiger partial charge is 0.435 e. The topological polar surface area (TPSA) is 91.4 Å². The number of carbonyl (C=O) groups excluding carboxylic acids is 3. The highest BCUT2D eigenvalue weighted by Crippen LogP contribution is 2.32. The summed E-state index contributed by atoms with van der Waals surface area (Å²) in [6.45, 7) is 11.5. The molecule has 0 aliphatic carbocycles. The highest BCUT2D eigenvalue weighted by Gasteiger charge is 2.41. The number of esters is 2. The van der Waals surface area contributed by atoms with Crippen LogP contribution in [0.3, 0.4) is 0 Å². The van der Waals surface area contributed by atoms with Crippen molar-refractivity contribution >= 4 is 63.0 Å². The van der Waals surface area contributed by atoms with Gasteiger partial charge in [-0.25, -0.2) is 0 Å². The molecule has 2 heterocycles. The molecule has 8 nitrogen and oxygen atoms in total. The Morgan fingerprint density at radius 1 is 1.14 bits per heavy atom. The Morgan fingerprint density at radius 2 is 1.86 bits per heavy atom. The molecule has 2 aliphatic rings. The van der Waals surface area contributed by atoms with Crippen LogP contribution in [0.1, 0.15) is 38.5 Å². The van der Waals surface area contributed by atoms with Crippen molar-refractivity contribution in [2.45, 2.75) is 102 Å². The Kier molecular flexibility index (Phi) is 12.2. The highest BCUT2D eigenvalue weighted by atomic mass is 28.5. The number of anilines is 1. The fraction of sp³-hybridized carbons (Fsp3) is 0.679. The highest BCUT2D eigenvalue weighted by molar-refractivity contribution is 6.91. The number of ether oxygens (including phenoxy) is 1. The number of benzene rings is 1. The number of amides is 1. The third-order valence-electron chi connectivity index (χ3n) is 8.42. The van der Waals surface area contributed by atoms with Crippen LogP contribution in [0.2, 0.25) is 56.9 Å². The van der Waals surface area contributed by atoms with Crippen molar-refractivity contribution in [1.82, 2.24) is 0 Å². The lowest BCUT2D eigenvalue weighted by Crippen LogP contribution is -2.51. The first-order chi connectivity index (χ1) is 19.9. The average molecular weight is 677 g/mol. The zero-order chi connectivity index (χ0) is 32.1. The molecular formula is C28H45F3NO7Si4. The molecule has 0 N–H and O–H groups in total. The van der Waals surface area contributed by atoms with E-state index in [9.17, 15) is 27.6 Å². The van der Waals surface area contributed by atoms with Crippen molar-refractivity contribution in [3.63, 3.8) is 0 Å². The molecule has 2 fully saturated rings. The molecule has 1 amide bonds. The van der Waals surface area contributed by atoms with Gasteiger partial charge in [0, 0.05) is 19.3 Å². The number of cyclic esters (lactones) is 2. The van der Waals surface area contributed by atoms with E-state index < -0.39 is 64.7 Å². The first kappa shape index (κ1) is 35.8. The second-order valence-electron chi connectivity index (χ2n) is 12.9. The van der Waals surface area contributed by atoms with E-state index in [-0.39, 0.29) is 12.3 Å². The minimum Gasteiger partial charge on any atom is -0.435 e. The molecule has 15 heteroatoms. The molecule has 2 aliphatic heterocycles. The summed E-state index contributed by atoms with van der Waals surface area (Å²) in [6, 6.07) is 11.0. The van der Waals surface area contributed by atoms with Crippen molar-refractivity contribution in [3.8, 4) is 0 Å². The van der Waals surface area contributed by atoms with Crippen molar-refractivity contribution < 1.29 is 44.9 Å². The third-order valence-corrected chi connectivity index (χ3v) is 23.1. The normalized spacial score (nSPS) is 26.3. The molecular weight excluding hydrogens is 632 g/mol. The van der Waals surface area contributed by atoms with E-state index in [1.165, 1.54) is 7.05 Å².